The molecule has 2 N–H and O–H groups in total. The molecule has 2 heterocycles. The number of nitrogens with zero attached hydrogens (tertiary/aromatic N) is 2. The maximum atomic E-state index is 11.9. The smallest absolute Gasteiger partial charge is 0.319 e. The molecule has 0 unspecified atom stereocenters. The standard InChI is InChI=1S/C14H22N4O3S/c1-3-18(4-2)13-6-5-11(9-15-13)16-14(19)17-12-7-8-22(20,21)10-12/h5-6,9,12H,3-4,7-8,10H2,1-2H3,(H2,16,17,19)/t12-/m1/s1. The topological polar surface area (TPSA) is 91.4 Å². The van der Waals surface area contributed by atoms with Gasteiger partial charge in [-0.1, -0.05) is 0 Å². The van der Waals surface area contributed by atoms with Crippen LogP contribution in [0, 0.1) is 0 Å². The summed E-state index contributed by atoms with van der Waals surface area (Å²) in [4.78, 5) is 18.3. The van der Waals surface area contributed by atoms with E-state index in [4.69, 9.17) is 0 Å². The molecular formula is C14H22N4O3S. The molecular weight excluding hydrogens is 304 g/mol. The summed E-state index contributed by atoms with van der Waals surface area (Å²) in [7, 11) is -3.00. The van der Waals surface area contributed by atoms with Gasteiger partial charge in [0.1, 0.15) is 5.82 Å². The third-order valence-corrected chi connectivity index (χ3v) is 5.43. The third kappa shape index (κ3) is 4.33. The van der Waals surface area contributed by atoms with Crippen molar-refractivity contribution in [2.24, 2.45) is 0 Å². The van der Waals surface area contributed by atoms with Crippen LogP contribution in [0.5, 0.6) is 0 Å². The summed E-state index contributed by atoms with van der Waals surface area (Å²) < 4.78 is 22.7. The number of nitrogens with one attached hydrogen (secondary N) is 2. The van der Waals surface area contributed by atoms with Crippen LogP contribution < -0.4 is 15.5 Å². The maximum Gasteiger partial charge on any atom is 0.319 e. The number of hydrogen-bond donors (Lipinski definition) is 2. The molecule has 2 rings (SSSR count). The first-order valence-corrected chi connectivity index (χ1v) is 9.24. The molecule has 122 valence electrons. The van der Waals surface area contributed by atoms with Gasteiger partial charge in [0.2, 0.25) is 0 Å². The fourth-order valence-electron chi connectivity index (χ4n) is 2.46. The van der Waals surface area contributed by atoms with E-state index in [9.17, 15) is 13.2 Å². The van der Waals surface area contributed by atoms with Crippen molar-refractivity contribution in [2.45, 2.75) is 26.3 Å². The van der Waals surface area contributed by atoms with Crippen molar-refractivity contribution in [3.63, 3.8) is 0 Å². The largest absolute Gasteiger partial charge is 0.357 e. The van der Waals surface area contributed by atoms with Gasteiger partial charge in [0.15, 0.2) is 9.84 Å². The highest BCUT2D eigenvalue weighted by atomic mass is 32.2. The van der Waals surface area contributed by atoms with E-state index >= 15 is 0 Å². The minimum absolute atomic E-state index is 0.0135. The van der Waals surface area contributed by atoms with Gasteiger partial charge in [-0.15, -0.1) is 0 Å². The van der Waals surface area contributed by atoms with Crippen LogP contribution in [0.2, 0.25) is 0 Å². The molecule has 0 bridgehead atoms. The summed E-state index contributed by atoms with van der Waals surface area (Å²) in [6, 6.07) is 2.92. The number of amides is 2. The lowest BCUT2D eigenvalue weighted by Crippen LogP contribution is -2.38. The van der Waals surface area contributed by atoms with Gasteiger partial charge in [0, 0.05) is 19.1 Å². The van der Waals surface area contributed by atoms with E-state index in [0.29, 0.717) is 12.1 Å². The molecule has 22 heavy (non-hydrogen) atoms. The van der Waals surface area contributed by atoms with Crippen molar-refractivity contribution in [2.75, 3.05) is 34.8 Å². The number of aromatic nitrogens is 1. The lowest BCUT2D eigenvalue weighted by Gasteiger charge is -2.19. The SMILES string of the molecule is CCN(CC)c1ccc(NC(=O)N[C@@H]2CCS(=O)(=O)C2)cn1. The Bertz CT molecular complexity index is 611. The van der Waals surface area contributed by atoms with Gasteiger partial charge in [-0.05, 0) is 32.4 Å². The van der Waals surface area contributed by atoms with Crippen molar-refractivity contribution in [1.29, 1.82) is 0 Å². The molecule has 0 radical (unpaired) electrons. The number of sulfone groups is 1. The van der Waals surface area contributed by atoms with Crippen molar-refractivity contribution in [3.05, 3.63) is 18.3 Å². The molecule has 1 atom stereocenters. The molecule has 1 aromatic rings. The highest BCUT2D eigenvalue weighted by molar-refractivity contribution is 7.91. The number of hydrogen-bond acceptors (Lipinski definition) is 5. The van der Waals surface area contributed by atoms with E-state index in [2.05, 4.69) is 34.4 Å². The molecule has 0 saturated carbocycles. The van der Waals surface area contributed by atoms with E-state index in [1.54, 1.807) is 12.3 Å². The van der Waals surface area contributed by atoms with Crippen molar-refractivity contribution >= 4 is 27.4 Å². The Kier molecular flexibility index (Phi) is 5.23. The summed E-state index contributed by atoms with van der Waals surface area (Å²) in [5.74, 6) is 1.01. The molecule has 0 spiro atoms. The number of anilines is 2. The van der Waals surface area contributed by atoms with Crippen molar-refractivity contribution in [3.8, 4) is 0 Å². The van der Waals surface area contributed by atoms with Crippen LogP contribution in [-0.4, -0.2) is 50.1 Å². The Hall–Kier alpha value is -1.83. The minimum atomic E-state index is -3.00. The van der Waals surface area contributed by atoms with Crippen molar-refractivity contribution in [1.82, 2.24) is 10.3 Å². The molecule has 0 aliphatic carbocycles. The van der Waals surface area contributed by atoms with Crippen LogP contribution in [0.25, 0.3) is 0 Å². The Morgan fingerprint density at radius 2 is 2.09 bits per heavy atom. The lowest BCUT2D eigenvalue weighted by molar-refractivity contribution is 0.249. The van der Waals surface area contributed by atoms with Crippen LogP contribution in [0.15, 0.2) is 18.3 Å². The van der Waals surface area contributed by atoms with E-state index in [1.807, 2.05) is 6.07 Å². The maximum absolute atomic E-state index is 11.9. The third-order valence-electron chi connectivity index (χ3n) is 3.66. The van der Waals surface area contributed by atoms with Crippen LogP contribution >= 0.6 is 0 Å². The predicted octanol–water partition coefficient (Wildman–Crippen LogP) is 1.24. The molecule has 2 amide bonds. The first kappa shape index (κ1) is 16.5. The minimum Gasteiger partial charge on any atom is -0.357 e. The first-order valence-electron chi connectivity index (χ1n) is 7.42. The van der Waals surface area contributed by atoms with E-state index < -0.39 is 15.9 Å². The molecule has 1 aliphatic heterocycles. The second-order valence-electron chi connectivity index (χ2n) is 5.28. The average Bonchev–Trinajstić information content (AvgIpc) is 2.81. The van der Waals surface area contributed by atoms with Gasteiger partial charge in [-0.2, -0.15) is 0 Å². The zero-order chi connectivity index (χ0) is 16.2. The van der Waals surface area contributed by atoms with E-state index in [1.165, 1.54) is 0 Å². The molecule has 7 nitrogen and oxygen atoms in total. The lowest BCUT2D eigenvalue weighted by atomic mass is 10.3. The monoisotopic (exact) mass is 326 g/mol. The fourth-order valence-corrected chi connectivity index (χ4v) is 4.13. The zero-order valence-electron chi connectivity index (χ0n) is 12.9. The van der Waals surface area contributed by atoms with Crippen molar-refractivity contribution < 1.29 is 13.2 Å². The summed E-state index contributed by atoms with van der Waals surface area (Å²) in [6.45, 7) is 5.85. The van der Waals surface area contributed by atoms with Gasteiger partial charge in [0.05, 0.1) is 23.4 Å². The summed E-state index contributed by atoms with van der Waals surface area (Å²) in [5, 5.41) is 5.35. The Morgan fingerprint density at radius 1 is 1.36 bits per heavy atom. The quantitative estimate of drug-likeness (QED) is 0.849. The second kappa shape index (κ2) is 6.95. The number of pyridine rings is 1. The Morgan fingerprint density at radius 3 is 2.59 bits per heavy atom. The number of carbonyl (C=O) groups excluding carboxylic acids is 1. The fraction of sp³-hybridized carbons (Fsp3) is 0.571. The van der Waals surface area contributed by atoms with Crippen LogP contribution in [0.3, 0.4) is 0 Å². The molecule has 1 aromatic heterocycles. The Labute approximate surface area is 131 Å². The van der Waals surface area contributed by atoms with Crippen LogP contribution in [-0.2, 0) is 9.84 Å². The van der Waals surface area contributed by atoms with Gasteiger partial charge < -0.3 is 15.5 Å². The molecule has 1 fully saturated rings. The average molecular weight is 326 g/mol. The number of rotatable bonds is 5. The Balaban J connectivity index is 1.89. The summed E-state index contributed by atoms with van der Waals surface area (Å²) in [5.41, 5.74) is 0.578. The van der Waals surface area contributed by atoms with Gasteiger partial charge in [-0.3, -0.25) is 0 Å². The van der Waals surface area contributed by atoms with E-state index in [-0.39, 0.29) is 17.5 Å². The second-order valence-corrected chi connectivity index (χ2v) is 7.50. The van der Waals surface area contributed by atoms with Crippen LogP contribution in [0.4, 0.5) is 16.3 Å². The van der Waals surface area contributed by atoms with Gasteiger partial charge in [-0.25, -0.2) is 18.2 Å². The summed E-state index contributed by atoms with van der Waals surface area (Å²) >= 11 is 0. The summed E-state index contributed by atoms with van der Waals surface area (Å²) in [6.07, 6.45) is 2.06. The predicted molar refractivity (Wildman–Crippen MR) is 87.0 cm³/mol. The van der Waals surface area contributed by atoms with Gasteiger partial charge in [0.25, 0.3) is 0 Å². The van der Waals surface area contributed by atoms with E-state index in [0.717, 1.165) is 18.9 Å². The number of urea groups is 1. The molecule has 8 heteroatoms. The van der Waals surface area contributed by atoms with Crippen LogP contribution in [0.1, 0.15) is 20.3 Å². The first-order chi connectivity index (χ1) is 10.4. The normalized spacial score (nSPS) is 19.6. The highest BCUT2D eigenvalue weighted by Crippen LogP contribution is 2.14. The molecule has 0 aromatic carbocycles. The zero-order valence-corrected chi connectivity index (χ0v) is 13.7. The van der Waals surface area contributed by atoms with Gasteiger partial charge >= 0.3 is 6.03 Å². The number of carbonyl (C=O) groups is 1. The highest BCUT2D eigenvalue weighted by Gasteiger charge is 2.28. The molecule has 1 saturated heterocycles. The molecule has 1 aliphatic rings.